The average molecular weight is 505 g/mol. The third-order valence-electron chi connectivity index (χ3n) is 6.84. The molecule has 1 aliphatic carbocycles. The van der Waals surface area contributed by atoms with Crippen molar-refractivity contribution in [2.75, 3.05) is 12.4 Å². The van der Waals surface area contributed by atoms with Gasteiger partial charge in [0.25, 0.3) is 5.91 Å². The number of esters is 1. The first-order valence-corrected chi connectivity index (χ1v) is 13.4. The number of ether oxygens (including phenoxy) is 1. The van der Waals surface area contributed by atoms with Crippen LogP contribution in [0.5, 0.6) is 0 Å². The van der Waals surface area contributed by atoms with Crippen LogP contribution >= 0.6 is 22.7 Å². The number of pyridine rings is 1. The van der Waals surface area contributed by atoms with E-state index in [9.17, 15) is 9.59 Å². The van der Waals surface area contributed by atoms with Crippen LogP contribution in [0.2, 0.25) is 0 Å². The summed E-state index contributed by atoms with van der Waals surface area (Å²) in [5.41, 5.74) is 3.77. The van der Waals surface area contributed by atoms with Crippen LogP contribution in [0.25, 0.3) is 21.5 Å². The minimum absolute atomic E-state index is 0.185. The minimum Gasteiger partial charge on any atom is -0.465 e. The van der Waals surface area contributed by atoms with Gasteiger partial charge in [0.2, 0.25) is 0 Å². The van der Waals surface area contributed by atoms with Gasteiger partial charge < -0.3 is 10.1 Å². The maximum atomic E-state index is 13.7. The normalized spacial score (nSPS) is 15.6. The van der Waals surface area contributed by atoms with Crippen LogP contribution in [0.1, 0.15) is 58.3 Å². The predicted molar refractivity (Wildman–Crippen MR) is 144 cm³/mol. The van der Waals surface area contributed by atoms with Crippen LogP contribution < -0.4 is 5.32 Å². The Hall–Kier alpha value is -3.03. The second kappa shape index (κ2) is 9.21. The van der Waals surface area contributed by atoms with E-state index in [4.69, 9.17) is 9.72 Å². The number of hydrogen-bond donors (Lipinski definition) is 1. The number of carbonyl (C=O) groups is 2. The molecule has 1 aliphatic rings. The van der Waals surface area contributed by atoms with Gasteiger partial charge in [-0.2, -0.15) is 0 Å². The van der Waals surface area contributed by atoms with E-state index in [2.05, 4.69) is 26.1 Å². The van der Waals surface area contributed by atoms with Gasteiger partial charge in [0.15, 0.2) is 0 Å². The smallest absolute Gasteiger partial charge is 0.341 e. The molecule has 7 heteroatoms. The molecule has 0 spiro atoms. The summed E-state index contributed by atoms with van der Waals surface area (Å²) in [5.74, 6) is -0.122. The van der Waals surface area contributed by atoms with Gasteiger partial charge in [0, 0.05) is 10.3 Å². The highest BCUT2D eigenvalue weighted by Gasteiger charge is 2.34. The summed E-state index contributed by atoms with van der Waals surface area (Å²) in [6, 6.07) is 13.5. The van der Waals surface area contributed by atoms with Crippen molar-refractivity contribution in [1.82, 2.24) is 4.98 Å². The molecule has 0 saturated carbocycles. The number of rotatable bonds is 4. The molecule has 0 unspecified atom stereocenters. The van der Waals surface area contributed by atoms with Crippen LogP contribution in [0.4, 0.5) is 5.00 Å². The lowest BCUT2D eigenvalue weighted by atomic mass is 9.72. The Bertz CT molecular complexity index is 1410. The Morgan fingerprint density at radius 1 is 1.14 bits per heavy atom. The lowest BCUT2D eigenvalue weighted by Gasteiger charge is -2.33. The number of para-hydroxylation sites is 1. The van der Waals surface area contributed by atoms with E-state index in [0.717, 1.165) is 46.3 Å². The van der Waals surface area contributed by atoms with E-state index in [0.29, 0.717) is 22.0 Å². The molecular weight excluding hydrogens is 476 g/mol. The highest BCUT2D eigenvalue weighted by molar-refractivity contribution is 7.17. The van der Waals surface area contributed by atoms with Gasteiger partial charge in [0.1, 0.15) is 5.00 Å². The standard InChI is InChI=1S/C28H28N2O3S2/c1-28(2,3)16-11-12-18-23(14-16)35-26(24(18)27(32)33-4)30-25(31)19-15-21(22-10-7-13-34-22)29-20-9-6-5-8-17(19)20/h5-10,13,15-16H,11-12,14H2,1-4H3,(H,30,31)/t16-/m1/s1. The van der Waals surface area contributed by atoms with Gasteiger partial charge in [-0.05, 0) is 59.7 Å². The van der Waals surface area contributed by atoms with Crippen molar-refractivity contribution in [2.24, 2.45) is 11.3 Å². The summed E-state index contributed by atoms with van der Waals surface area (Å²) in [4.78, 5) is 33.4. The number of amides is 1. The number of carbonyl (C=O) groups excluding carboxylic acids is 2. The quantitative estimate of drug-likeness (QED) is 0.298. The predicted octanol–water partition coefficient (Wildman–Crippen LogP) is 7.21. The number of thiophene rings is 2. The van der Waals surface area contributed by atoms with E-state index < -0.39 is 5.97 Å². The molecule has 1 N–H and O–H groups in total. The van der Waals surface area contributed by atoms with Crippen LogP contribution in [0, 0.1) is 11.3 Å². The average Bonchev–Trinajstić information content (AvgIpc) is 3.50. The first kappa shape index (κ1) is 23.7. The fourth-order valence-corrected chi connectivity index (χ4v) is 6.81. The van der Waals surface area contributed by atoms with Gasteiger partial charge in [0.05, 0.1) is 34.3 Å². The van der Waals surface area contributed by atoms with Crippen molar-refractivity contribution in [3.8, 4) is 10.6 Å². The third-order valence-corrected chi connectivity index (χ3v) is 8.90. The second-order valence-electron chi connectivity index (χ2n) is 10.0. The largest absolute Gasteiger partial charge is 0.465 e. The minimum atomic E-state index is -0.397. The zero-order chi connectivity index (χ0) is 24.7. The maximum Gasteiger partial charge on any atom is 0.341 e. The molecule has 0 radical (unpaired) electrons. The number of anilines is 1. The van der Waals surface area contributed by atoms with Crippen molar-refractivity contribution in [3.05, 3.63) is 69.4 Å². The SMILES string of the molecule is COC(=O)c1c(NC(=O)c2cc(-c3cccs3)nc3ccccc23)sc2c1CC[C@@H](C(C)(C)C)C2. The van der Waals surface area contributed by atoms with E-state index >= 15 is 0 Å². The molecule has 35 heavy (non-hydrogen) atoms. The molecule has 0 aliphatic heterocycles. The van der Waals surface area contributed by atoms with Gasteiger partial charge in [-0.1, -0.05) is 45.0 Å². The van der Waals surface area contributed by atoms with Crippen molar-refractivity contribution in [3.63, 3.8) is 0 Å². The molecule has 3 heterocycles. The molecule has 180 valence electrons. The van der Waals surface area contributed by atoms with Crippen molar-refractivity contribution < 1.29 is 14.3 Å². The number of aromatic nitrogens is 1. The fraction of sp³-hybridized carbons (Fsp3) is 0.321. The molecule has 0 saturated heterocycles. The number of benzene rings is 1. The molecule has 5 nitrogen and oxygen atoms in total. The summed E-state index contributed by atoms with van der Waals surface area (Å²) in [7, 11) is 1.39. The zero-order valence-electron chi connectivity index (χ0n) is 20.3. The Morgan fingerprint density at radius 3 is 2.66 bits per heavy atom. The van der Waals surface area contributed by atoms with Crippen LogP contribution in [-0.2, 0) is 17.6 Å². The molecular formula is C28H28N2O3S2. The monoisotopic (exact) mass is 504 g/mol. The Balaban J connectivity index is 1.55. The summed E-state index contributed by atoms with van der Waals surface area (Å²) in [5, 5.41) is 6.41. The summed E-state index contributed by atoms with van der Waals surface area (Å²) in [6.07, 6.45) is 2.74. The van der Waals surface area contributed by atoms with Crippen molar-refractivity contribution >= 4 is 50.5 Å². The molecule has 3 aromatic heterocycles. The molecule has 1 amide bonds. The first-order chi connectivity index (χ1) is 16.8. The van der Waals surface area contributed by atoms with Crippen molar-refractivity contribution in [2.45, 2.75) is 40.0 Å². The number of hydrogen-bond acceptors (Lipinski definition) is 6. The summed E-state index contributed by atoms with van der Waals surface area (Å²) < 4.78 is 5.13. The van der Waals surface area contributed by atoms with E-state index in [1.807, 2.05) is 47.8 Å². The summed E-state index contributed by atoms with van der Waals surface area (Å²) >= 11 is 3.09. The van der Waals surface area contributed by atoms with Crippen molar-refractivity contribution in [1.29, 1.82) is 0 Å². The second-order valence-corrected chi connectivity index (χ2v) is 12.1. The highest BCUT2D eigenvalue weighted by Crippen LogP contribution is 2.44. The number of methoxy groups -OCH3 is 1. The molecule has 1 aromatic carbocycles. The number of nitrogens with one attached hydrogen (secondary N) is 1. The number of nitrogens with zero attached hydrogens (tertiary/aromatic N) is 1. The van der Waals surface area contributed by atoms with Gasteiger partial charge in [-0.25, -0.2) is 9.78 Å². The van der Waals surface area contributed by atoms with Gasteiger partial charge >= 0.3 is 5.97 Å². The van der Waals surface area contributed by atoms with Crippen LogP contribution in [0.15, 0.2) is 47.8 Å². The summed E-state index contributed by atoms with van der Waals surface area (Å²) in [6.45, 7) is 6.79. The molecule has 1 atom stereocenters. The first-order valence-electron chi connectivity index (χ1n) is 11.7. The van der Waals surface area contributed by atoms with E-state index in [-0.39, 0.29) is 11.3 Å². The lowest BCUT2D eigenvalue weighted by Crippen LogP contribution is -2.26. The van der Waals surface area contributed by atoms with Gasteiger partial charge in [-0.15, -0.1) is 22.7 Å². The van der Waals surface area contributed by atoms with E-state index in [1.54, 1.807) is 11.3 Å². The molecule has 0 fully saturated rings. The zero-order valence-corrected chi connectivity index (χ0v) is 21.9. The van der Waals surface area contributed by atoms with E-state index in [1.165, 1.54) is 23.3 Å². The Kier molecular flexibility index (Phi) is 6.23. The Labute approximate surface area is 213 Å². The molecule has 4 aromatic rings. The topological polar surface area (TPSA) is 68.3 Å². The maximum absolute atomic E-state index is 13.7. The lowest BCUT2D eigenvalue weighted by molar-refractivity contribution is 0.0600. The highest BCUT2D eigenvalue weighted by atomic mass is 32.1. The third kappa shape index (κ3) is 4.50. The van der Waals surface area contributed by atoms with Gasteiger partial charge in [-0.3, -0.25) is 4.79 Å². The van der Waals surface area contributed by atoms with Crippen LogP contribution in [-0.4, -0.2) is 24.0 Å². The molecule has 5 rings (SSSR count). The fourth-order valence-electron chi connectivity index (χ4n) is 4.82. The Morgan fingerprint density at radius 2 is 1.94 bits per heavy atom. The van der Waals surface area contributed by atoms with Crippen LogP contribution in [0.3, 0.4) is 0 Å². The number of fused-ring (bicyclic) bond motifs is 2. The molecule has 0 bridgehead atoms.